The van der Waals surface area contributed by atoms with E-state index in [9.17, 15) is 0 Å². The van der Waals surface area contributed by atoms with Gasteiger partial charge in [-0.25, -0.2) is 15.0 Å². The number of hydrogen-bond acceptors (Lipinski definition) is 3. The molecule has 0 unspecified atom stereocenters. The molecule has 17 aromatic rings. The van der Waals surface area contributed by atoms with E-state index >= 15 is 0 Å². The highest BCUT2D eigenvalue weighted by atomic mass is 15.1. The second kappa shape index (κ2) is 23.0. The molecule has 0 amide bonds. The second-order valence-electron chi connectivity index (χ2n) is 23.4. The molecule has 0 saturated heterocycles. The molecular weight excluding hydrogens is 1110 g/mol. The van der Waals surface area contributed by atoms with Crippen LogP contribution < -0.4 is 0 Å². The minimum atomic E-state index is 0.666. The molecule has 0 atom stereocenters. The summed E-state index contributed by atoms with van der Waals surface area (Å²) in [6, 6.07) is 124. The van der Waals surface area contributed by atoms with Crippen molar-refractivity contribution in [1.82, 2.24) is 24.1 Å². The van der Waals surface area contributed by atoms with E-state index in [2.05, 4.69) is 331 Å². The molecule has 13 aromatic carbocycles. The zero-order valence-corrected chi connectivity index (χ0v) is 50.1. The molecule has 0 bridgehead atoms. The quantitative estimate of drug-likeness (QED) is 0.122. The van der Waals surface area contributed by atoms with Gasteiger partial charge in [0.1, 0.15) is 0 Å². The summed E-state index contributed by atoms with van der Waals surface area (Å²) >= 11 is 0. The fourth-order valence-corrected chi connectivity index (χ4v) is 13.5. The van der Waals surface area contributed by atoms with Crippen LogP contribution in [0.3, 0.4) is 0 Å². The molecule has 0 saturated carbocycles. The van der Waals surface area contributed by atoms with Crippen molar-refractivity contribution < 1.29 is 0 Å². The maximum atomic E-state index is 6.18. The van der Waals surface area contributed by atoms with Crippen molar-refractivity contribution in [3.8, 4) is 123 Å². The Balaban J connectivity index is 1.03. The molecule has 0 spiro atoms. The van der Waals surface area contributed by atoms with E-state index in [1.165, 1.54) is 0 Å². The number of fused-ring (bicyclic) bond motifs is 6. The van der Waals surface area contributed by atoms with E-state index in [1.807, 2.05) is 24.3 Å². The molecular formula is C87H57N5. The van der Waals surface area contributed by atoms with E-state index < -0.39 is 0 Å². The Bertz CT molecular complexity index is 5040. The molecule has 4 aromatic heterocycles. The third kappa shape index (κ3) is 9.64. The number of aromatic nitrogens is 5. The van der Waals surface area contributed by atoms with E-state index in [0.29, 0.717) is 5.82 Å². The van der Waals surface area contributed by atoms with Crippen molar-refractivity contribution >= 4 is 43.6 Å². The van der Waals surface area contributed by atoms with Crippen LogP contribution in [-0.2, 0) is 0 Å². The van der Waals surface area contributed by atoms with Gasteiger partial charge in [-0.15, -0.1) is 0 Å². The highest BCUT2D eigenvalue weighted by Gasteiger charge is 2.31. The van der Waals surface area contributed by atoms with Crippen LogP contribution in [0.2, 0.25) is 0 Å². The van der Waals surface area contributed by atoms with Crippen molar-refractivity contribution in [1.29, 1.82) is 0 Å². The summed E-state index contributed by atoms with van der Waals surface area (Å²) in [4.78, 5) is 16.7. The molecule has 430 valence electrons. The van der Waals surface area contributed by atoms with Gasteiger partial charge in [0.05, 0.1) is 56.2 Å². The molecule has 5 nitrogen and oxygen atoms in total. The van der Waals surface area contributed by atoms with Crippen molar-refractivity contribution in [2.24, 2.45) is 0 Å². The zero-order valence-electron chi connectivity index (χ0n) is 50.1. The van der Waals surface area contributed by atoms with Gasteiger partial charge >= 0.3 is 0 Å². The zero-order chi connectivity index (χ0) is 60.9. The Morgan fingerprint density at radius 1 is 0.185 bits per heavy atom. The maximum Gasteiger partial charge on any atom is 0.160 e. The third-order valence-corrected chi connectivity index (χ3v) is 17.9. The van der Waals surface area contributed by atoms with Gasteiger partial charge in [0, 0.05) is 54.9 Å². The summed E-state index contributed by atoms with van der Waals surface area (Å²) in [6.07, 6.45) is 0. The van der Waals surface area contributed by atoms with Crippen LogP contribution in [0, 0.1) is 0 Å². The van der Waals surface area contributed by atoms with Gasteiger partial charge in [-0.05, 0) is 105 Å². The Morgan fingerprint density at radius 2 is 0.435 bits per heavy atom. The summed E-state index contributed by atoms with van der Waals surface area (Å²) in [5.41, 5.74) is 25.7. The van der Waals surface area contributed by atoms with Gasteiger partial charge in [-0.2, -0.15) is 0 Å². The molecule has 4 heterocycles. The Kier molecular flexibility index (Phi) is 13.5. The topological polar surface area (TPSA) is 48.5 Å². The second-order valence-corrected chi connectivity index (χ2v) is 23.4. The van der Waals surface area contributed by atoms with Crippen molar-refractivity contribution in [3.63, 3.8) is 0 Å². The largest absolute Gasteiger partial charge is 0.306 e. The van der Waals surface area contributed by atoms with E-state index in [4.69, 9.17) is 15.0 Å². The van der Waals surface area contributed by atoms with E-state index in [-0.39, 0.29) is 0 Å². The molecule has 0 aliphatic rings. The summed E-state index contributed by atoms with van der Waals surface area (Å²) in [6.45, 7) is 0. The van der Waals surface area contributed by atoms with Gasteiger partial charge < -0.3 is 9.13 Å². The standard InChI is InChI=1S/C87H57N5/c1-9-25-58(26-10-1)68-45-49-78-72(53-68)73-54-69(59-27-11-2-12-28-59)46-50-79(73)91(78)85-82(64-43-41-63(42-44-64)77-57-76(62-33-17-5-18-34-62)88-87(89-77)67-39-23-8-24-40-67)86(84(66-37-21-7-22-38-66)90-83(85)65-35-19-6-20-36-65)92-80-51-47-70(60-29-13-3-14-30-60)55-74(80)75-56-71(48-52-81(75)92)61-31-15-4-16-32-61/h1-57H. The van der Waals surface area contributed by atoms with Gasteiger partial charge in [0.2, 0.25) is 0 Å². The summed E-state index contributed by atoms with van der Waals surface area (Å²) in [7, 11) is 0. The monoisotopic (exact) mass is 1170 g/mol. The lowest BCUT2D eigenvalue weighted by atomic mass is 9.93. The molecule has 0 fully saturated rings. The Hall–Kier alpha value is -12.3. The van der Waals surface area contributed by atoms with Gasteiger partial charge in [0.25, 0.3) is 0 Å². The van der Waals surface area contributed by atoms with Crippen LogP contribution >= 0.6 is 0 Å². The predicted octanol–water partition coefficient (Wildman–Crippen LogP) is 22.7. The molecule has 5 heteroatoms. The van der Waals surface area contributed by atoms with Crippen LogP contribution in [0.15, 0.2) is 346 Å². The highest BCUT2D eigenvalue weighted by Crippen LogP contribution is 2.50. The van der Waals surface area contributed by atoms with Crippen LogP contribution in [-0.4, -0.2) is 24.1 Å². The summed E-state index contributed by atoms with van der Waals surface area (Å²) < 4.78 is 5.03. The third-order valence-electron chi connectivity index (χ3n) is 17.9. The lowest BCUT2D eigenvalue weighted by Crippen LogP contribution is -2.10. The van der Waals surface area contributed by atoms with Crippen LogP contribution in [0.4, 0.5) is 0 Å². The van der Waals surface area contributed by atoms with Gasteiger partial charge in [0.15, 0.2) is 5.82 Å². The molecule has 17 rings (SSSR count). The highest BCUT2D eigenvalue weighted by molar-refractivity contribution is 6.16. The lowest BCUT2D eigenvalue weighted by molar-refractivity contribution is 1.10. The van der Waals surface area contributed by atoms with Gasteiger partial charge in [-0.3, -0.25) is 0 Å². The lowest BCUT2D eigenvalue weighted by Gasteiger charge is -2.26. The first-order valence-electron chi connectivity index (χ1n) is 31.3. The molecule has 0 radical (unpaired) electrons. The Labute approximate surface area is 533 Å². The first kappa shape index (κ1) is 53.9. The fourth-order valence-electron chi connectivity index (χ4n) is 13.5. The minimum Gasteiger partial charge on any atom is -0.306 e. The number of rotatable bonds is 12. The SMILES string of the molecule is c1ccc(-c2ccc3c(c2)c2cc(-c4ccccc4)ccc2n3-c2c(-c3ccccc3)nc(-c3ccccc3)c(-n3c4ccc(-c5ccccc5)cc4c4cc(-c5ccccc5)ccc43)c2-c2ccc(-c3cc(-c4ccccc4)nc(-c4ccccc4)n3)cc2)cc1. The van der Waals surface area contributed by atoms with Gasteiger partial charge in [-0.1, -0.05) is 291 Å². The first-order chi connectivity index (χ1) is 45.6. The number of nitrogens with zero attached hydrogens (tertiary/aromatic N) is 5. The fraction of sp³-hybridized carbons (Fsp3) is 0. The Morgan fingerprint density at radius 3 is 0.750 bits per heavy atom. The number of benzene rings is 13. The normalized spacial score (nSPS) is 11.5. The average Bonchev–Trinajstić information content (AvgIpc) is 1.49. The van der Waals surface area contributed by atoms with E-state index in [1.54, 1.807) is 0 Å². The summed E-state index contributed by atoms with van der Waals surface area (Å²) in [5, 5.41) is 4.55. The molecule has 0 aliphatic heterocycles. The van der Waals surface area contributed by atoms with Crippen molar-refractivity contribution in [3.05, 3.63) is 346 Å². The predicted molar refractivity (Wildman–Crippen MR) is 383 cm³/mol. The maximum absolute atomic E-state index is 6.18. The van der Waals surface area contributed by atoms with Crippen molar-refractivity contribution in [2.45, 2.75) is 0 Å². The van der Waals surface area contributed by atoms with Crippen LogP contribution in [0.1, 0.15) is 0 Å². The molecule has 0 N–H and O–H groups in total. The van der Waals surface area contributed by atoms with Crippen LogP contribution in [0.5, 0.6) is 0 Å². The van der Waals surface area contributed by atoms with E-state index in [0.717, 1.165) is 161 Å². The molecule has 92 heavy (non-hydrogen) atoms. The summed E-state index contributed by atoms with van der Waals surface area (Å²) in [5.74, 6) is 0.666. The average molecular weight is 1170 g/mol. The molecule has 0 aliphatic carbocycles. The first-order valence-corrected chi connectivity index (χ1v) is 31.3. The number of hydrogen-bond donors (Lipinski definition) is 0. The smallest absolute Gasteiger partial charge is 0.160 e. The van der Waals surface area contributed by atoms with Crippen LogP contribution in [0.25, 0.3) is 167 Å². The van der Waals surface area contributed by atoms with Crippen molar-refractivity contribution in [2.75, 3.05) is 0 Å². The number of pyridine rings is 1. The minimum absolute atomic E-state index is 0.666.